The Labute approximate surface area is 129 Å². The average Bonchev–Trinajstić information content (AvgIpc) is 2.87. The van der Waals surface area contributed by atoms with Crippen molar-refractivity contribution in [3.8, 4) is 5.75 Å². The van der Waals surface area contributed by atoms with E-state index in [1.807, 2.05) is 24.3 Å². The number of hydrogen-bond acceptors (Lipinski definition) is 4. The van der Waals surface area contributed by atoms with Crippen molar-refractivity contribution >= 4 is 39.1 Å². The first-order valence-electron chi connectivity index (χ1n) is 6.13. The van der Waals surface area contributed by atoms with Gasteiger partial charge in [0.2, 0.25) is 0 Å². The lowest BCUT2D eigenvalue weighted by Gasteiger charge is -2.07. The van der Waals surface area contributed by atoms with Gasteiger partial charge in [-0.25, -0.2) is 9.78 Å². The van der Waals surface area contributed by atoms with Gasteiger partial charge in [-0.3, -0.25) is 0 Å². The Hall–Kier alpha value is -2.11. The van der Waals surface area contributed by atoms with Crippen molar-refractivity contribution in [3.63, 3.8) is 0 Å². The van der Waals surface area contributed by atoms with Crippen LogP contribution in [0.2, 0.25) is 5.02 Å². The number of thiazole rings is 1. The molecule has 0 unspecified atom stereocenters. The number of halogens is 1. The van der Waals surface area contributed by atoms with Gasteiger partial charge in [-0.2, -0.15) is 0 Å². The van der Waals surface area contributed by atoms with Crippen LogP contribution in [0.15, 0.2) is 42.5 Å². The molecular weight excluding hydrogens is 310 g/mol. The first kappa shape index (κ1) is 13.9. The highest BCUT2D eigenvalue weighted by Crippen LogP contribution is 2.26. The molecular formula is C15H10ClNO3S. The highest BCUT2D eigenvalue weighted by molar-refractivity contribution is 7.18. The Kier molecular flexibility index (Phi) is 3.77. The minimum atomic E-state index is -1.05. The Morgan fingerprint density at radius 2 is 2.10 bits per heavy atom. The highest BCUT2D eigenvalue weighted by atomic mass is 35.5. The molecule has 21 heavy (non-hydrogen) atoms. The normalized spacial score (nSPS) is 10.7. The molecule has 106 valence electrons. The number of rotatable bonds is 4. The maximum Gasteiger partial charge on any atom is 0.339 e. The van der Waals surface area contributed by atoms with Crippen LogP contribution in [0.5, 0.6) is 5.75 Å². The van der Waals surface area contributed by atoms with E-state index >= 15 is 0 Å². The van der Waals surface area contributed by atoms with Crippen LogP contribution in [0.4, 0.5) is 0 Å². The summed E-state index contributed by atoms with van der Waals surface area (Å²) in [6.07, 6.45) is 0. The van der Waals surface area contributed by atoms with E-state index in [2.05, 4.69) is 4.98 Å². The Morgan fingerprint density at radius 1 is 1.29 bits per heavy atom. The summed E-state index contributed by atoms with van der Waals surface area (Å²) in [5.74, 6) is -0.805. The van der Waals surface area contributed by atoms with E-state index in [4.69, 9.17) is 21.4 Å². The van der Waals surface area contributed by atoms with Gasteiger partial charge in [0.05, 0.1) is 10.2 Å². The molecule has 0 saturated carbocycles. The number of ether oxygens (including phenoxy) is 1. The maximum absolute atomic E-state index is 11.1. The lowest BCUT2D eigenvalue weighted by atomic mass is 10.2. The van der Waals surface area contributed by atoms with Crippen LogP contribution in [0, 0.1) is 0 Å². The summed E-state index contributed by atoms with van der Waals surface area (Å²) in [5.41, 5.74) is 0.992. The SMILES string of the molecule is O=C(O)c1ccc(Cl)cc1OCc1nc2ccccc2s1. The lowest BCUT2D eigenvalue weighted by molar-refractivity contribution is 0.0692. The van der Waals surface area contributed by atoms with Gasteiger partial charge in [0.1, 0.15) is 22.9 Å². The van der Waals surface area contributed by atoms with Crippen molar-refractivity contribution < 1.29 is 14.6 Å². The van der Waals surface area contributed by atoms with Gasteiger partial charge < -0.3 is 9.84 Å². The molecule has 0 aliphatic heterocycles. The van der Waals surface area contributed by atoms with Crippen LogP contribution in [0.25, 0.3) is 10.2 Å². The summed E-state index contributed by atoms with van der Waals surface area (Å²) in [6.45, 7) is 0.208. The van der Waals surface area contributed by atoms with Crippen LogP contribution in [-0.4, -0.2) is 16.1 Å². The predicted molar refractivity (Wildman–Crippen MR) is 82.4 cm³/mol. The number of aromatic nitrogens is 1. The largest absolute Gasteiger partial charge is 0.485 e. The zero-order valence-electron chi connectivity index (χ0n) is 10.7. The molecule has 6 heteroatoms. The van der Waals surface area contributed by atoms with Crippen LogP contribution in [0.3, 0.4) is 0 Å². The molecule has 0 bridgehead atoms. The van der Waals surface area contributed by atoms with Crippen LogP contribution in [-0.2, 0) is 6.61 Å². The summed E-state index contributed by atoms with van der Waals surface area (Å²) in [7, 11) is 0. The standard InChI is InChI=1S/C15H10ClNO3S/c16-9-5-6-10(15(18)19)12(7-9)20-8-14-17-11-3-1-2-4-13(11)21-14/h1-7H,8H2,(H,18,19). The van der Waals surface area contributed by atoms with Crippen LogP contribution in [0.1, 0.15) is 15.4 Å². The lowest BCUT2D eigenvalue weighted by Crippen LogP contribution is -2.03. The fourth-order valence-corrected chi connectivity index (χ4v) is 2.96. The number of carbonyl (C=O) groups is 1. The average molecular weight is 320 g/mol. The van der Waals surface area contributed by atoms with E-state index in [9.17, 15) is 4.79 Å². The summed E-state index contributed by atoms with van der Waals surface area (Å²) >= 11 is 7.40. The zero-order valence-corrected chi connectivity index (χ0v) is 12.3. The van der Waals surface area contributed by atoms with Crippen molar-refractivity contribution in [1.82, 2.24) is 4.98 Å². The molecule has 0 aliphatic carbocycles. The third-order valence-corrected chi connectivity index (χ3v) is 4.11. The van der Waals surface area contributed by atoms with Crippen molar-refractivity contribution in [2.75, 3.05) is 0 Å². The van der Waals surface area contributed by atoms with E-state index in [-0.39, 0.29) is 17.9 Å². The molecule has 3 rings (SSSR count). The molecule has 0 atom stereocenters. The van der Waals surface area contributed by atoms with Gasteiger partial charge in [0.15, 0.2) is 0 Å². The molecule has 0 amide bonds. The molecule has 3 aromatic rings. The van der Waals surface area contributed by atoms with E-state index in [0.717, 1.165) is 15.2 Å². The van der Waals surface area contributed by atoms with E-state index in [1.54, 1.807) is 0 Å². The molecule has 0 saturated heterocycles. The number of aromatic carboxylic acids is 1. The highest BCUT2D eigenvalue weighted by Gasteiger charge is 2.13. The number of carboxylic acid groups (broad SMARTS) is 1. The topological polar surface area (TPSA) is 59.4 Å². The number of para-hydroxylation sites is 1. The first-order chi connectivity index (χ1) is 10.1. The molecule has 0 fully saturated rings. The summed E-state index contributed by atoms with van der Waals surface area (Å²) in [5, 5.41) is 10.3. The van der Waals surface area contributed by atoms with Gasteiger partial charge in [-0.05, 0) is 30.3 Å². The van der Waals surface area contributed by atoms with E-state index in [0.29, 0.717) is 5.02 Å². The van der Waals surface area contributed by atoms with Crippen LogP contribution >= 0.6 is 22.9 Å². The third kappa shape index (κ3) is 2.99. The Balaban J connectivity index is 1.84. The fourth-order valence-electron chi connectivity index (χ4n) is 1.91. The number of nitrogens with zero attached hydrogens (tertiary/aromatic N) is 1. The Bertz CT molecular complexity index is 783. The van der Waals surface area contributed by atoms with Gasteiger partial charge >= 0.3 is 5.97 Å². The van der Waals surface area contributed by atoms with Crippen molar-refractivity contribution in [1.29, 1.82) is 0 Å². The molecule has 1 N–H and O–H groups in total. The quantitative estimate of drug-likeness (QED) is 0.782. The molecule has 1 heterocycles. The summed E-state index contributed by atoms with van der Waals surface area (Å²) < 4.78 is 6.65. The number of benzene rings is 2. The van der Waals surface area contributed by atoms with Crippen LogP contribution < -0.4 is 4.74 Å². The molecule has 2 aromatic carbocycles. The second kappa shape index (κ2) is 5.71. The molecule has 0 aliphatic rings. The molecule has 1 aromatic heterocycles. The van der Waals surface area contributed by atoms with Crippen molar-refractivity contribution in [2.24, 2.45) is 0 Å². The number of carboxylic acids is 1. The van der Waals surface area contributed by atoms with Gasteiger partial charge in [-0.15, -0.1) is 11.3 Å². The van der Waals surface area contributed by atoms with Crippen molar-refractivity contribution in [2.45, 2.75) is 6.61 Å². The number of hydrogen-bond donors (Lipinski definition) is 1. The maximum atomic E-state index is 11.1. The molecule has 4 nitrogen and oxygen atoms in total. The van der Waals surface area contributed by atoms with Gasteiger partial charge in [0, 0.05) is 5.02 Å². The first-order valence-corrected chi connectivity index (χ1v) is 7.33. The van der Waals surface area contributed by atoms with Gasteiger partial charge in [0.25, 0.3) is 0 Å². The van der Waals surface area contributed by atoms with Gasteiger partial charge in [-0.1, -0.05) is 23.7 Å². The third-order valence-electron chi connectivity index (χ3n) is 2.86. The predicted octanol–water partition coefficient (Wildman–Crippen LogP) is 4.23. The zero-order chi connectivity index (χ0) is 14.8. The van der Waals surface area contributed by atoms with Crippen molar-refractivity contribution in [3.05, 3.63) is 58.1 Å². The second-order valence-electron chi connectivity index (χ2n) is 4.31. The molecule has 0 radical (unpaired) electrons. The Morgan fingerprint density at radius 3 is 2.86 bits per heavy atom. The minimum absolute atomic E-state index is 0.0838. The fraction of sp³-hybridized carbons (Fsp3) is 0.0667. The summed E-state index contributed by atoms with van der Waals surface area (Å²) in [6, 6.07) is 12.2. The minimum Gasteiger partial charge on any atom is -0.485 e. The smallest absolute Gasteiger partial charge is 0.339 e. The molecule has 0 spiro atoms. The monoisotopic (exact) mass is 319 g/mol. The van der Waals surface area contributed by atoms with E-state index in [1.165, 1.54) is 29.5 Å². The number of fused-ring (bicyclic) bond motifs is 1. The second-order valence-corrected chi connectivity index (χ2v) is 5.86. The van der Waals surface area contributed by atoms with E-state index < -0.39 is 5.97 Å². The summed E-state index contributed by atoms with van der Waals surface area (Å²) in [4.78, 5) is 15.6.